The molecule has 1 fully saturated rings. The van der Waals surface area contributed by atoms with Crippen molar-refractivity contribution in [3.63, 3.8) is 0 Å². The fourth-order valence-corrected chi connectivity index (χ4v) is 4.57. The molecule has 7 heteroatoms. The molecule has 6 nitrogen and oxygen atoms in total. The van der Waals surface area contributed by atoms with Crippen molar-refractivity contribution in [3.8, 4) is 16.9 Å². The third-order valence-corrected chi connectivity index (χ3v) is 6.29. The molecule has 1 saturated carbocycles. The summed E-state index contributed by atoms with van der Waals surface area (Å²) < 4.78 is 1.64. The Balaban J connectivity index is 1.59. The van der Waals surface area contributed by atoms with Gasteiger partial charge in [0.1, 0.15) is 5.82 Å². The first-order valence-corrected chi connectivity index (χ1v) is 11.9. The molecule has 0 aliphatic heterocycles. The Morgan fingerprint density at radius 3 is 2.48 bits per heavy atom. The topological polar surface area (TPSA) is 67.2 Å². The fraction of sp³-hybridized carbons (Fsp3) is 0.346. The van der Waals surface area contributed by atoms with Crippen molar-refractivity contribution in [2.75, 3.05) is 18.4 Å². The average Bonchev–Trinajstić information content (AvgIpc) is 3.50. The van der Waals surface area contributed by atoms with Crippen molar-refractivity contribution in [2.24, 2.45) is 5.92 Å². The van der Waals surface area contributed by atoms with Gasteiger partial charge in [-0.15, -0.1) is 0 Å². The number of halogens is 1. The molecule has 1 heterocycles. The summed E-state index contributed by atoms with van der Waals surface area (Å²) in [5, 5.41) is 8.21. The lowest BCUT2D eigenvalue weighted by Crippen LogP contribution is -2.41. The normalized spacial score (nSPS) is 13.8. The molecule has 0 radical (unpaired) electrons. The minimum Gasteiger partial charge on any atom is -0.333 e. The lowest BCUT2D eigenvalue weighted by Gasteiger charge is -2.24. The number of carbonyl (C=O) groups excluding carboxylic acids is 2. The molecule has 1 aliphatic rings. The summed E-state index contributed by atoms with van der Waals surface area (Å²) in [6, 6.07) is 19.0. The SMILES string of the molecule is CCCN(CC(=O)Nc1cc(-c2ccccc2)nn1-c1ccccc1Cl)C(=O)C1CCCC1. The number of para-hydroxylation sites is 1. The van der Waals surface area contributed by atoms with Gasteiger partial charge in [-0.1, -0.05) is 73.8 Å². The fourth-order valence-electron chi connectivity index (χ4n) is 4.35. The maximum Gasteiger partial charge on any atom is 0.245 e. The molecule has 3 aromatic rings. The Morgan fingerprint density at radius 2 is 1.79 bits per heavy atom. The number of nitrogens with zero attached hydrogens (tertiary/aromatic N) is 3. The Morgan fingerprint density at radius 1 is 1.09 bits per heavy atom. The monoisotopic (exact) mass is 464 g/mol. The second kappa shape index (κ2) is 10.7. The van der Waals surface area contributed by atoms with Crippen LogP contribution in [-0.2, 0) is 9.59 Å². The minimum atomic E-state index is -0.248. The van der Waals surface area contributed by atoms with E-state index in [0.29, 0.717) is 23.1 Å². The average molecular weight is 465 g/mol. The van der Waals surface area contributed by atoms with Crippen LogP contribution in [0.15, 0.2) is 60.7 Å². The second-order valence-electron chi connectivity index (χ2n) is 8.43. The highest BCUT2D eigenvalue weighted by Gasteiger charge is 2.28. The number of amides is 2. The molecule has 1 aliphatic carbocycles. The van der Waals surface area contributed by atoms with Gasteiger partial charge >= 0.3 is 0 Å². The molecule has 0 unspecified atom stereocenters. The molecule has 2 amide bonds. The number of anilines is 1. The van der Waals surface area contributed by atoms with Crippen LogP contribution in [0.3, 0.4) is 0 Å². The summed E-state index contributed by atoms with van der Waals surface area (Å²) in [5.41, 5.74) is 2.32. The maximum atomic E-state index is 13.1. The molecule has 172 valence electrons. The first-order chi connectivity index (χ1) is 16.1. The van der Waals surface area contributed by atoms with Crippen LogP contribution in [0.25, 0.3) is 16.9 Å². The van der Waals surface area contributed by atoms with Gasteiger partial charge in [-0.25, -0.2) is 4.68 Å². The van der Waals surface area contributed by atoms with Crippen LogP contribution in [0.1, 0.15) is 39.0 Å². The van der Waals surface area contributed by atoms with E-state index in [1.165, 1.54) is 0 Å². The van der Waals surface area contributed by atoms with E-state index < -0.39 is 0 Å². The van der Waals surface area contributed by atoms with E-state index in [1.807, 2.05) is 61.5 Å². The number of rotatable bonds is 8. The van der Waals surface area contributed by atoms with E-state index >= 15 is 0 Å². The zero-order valence-corrected chi connectivity index (χ0v) is 19.6. The highest BCUT2D eigenvalue weighted by Crippen LogP contribution is 2.29. The lowest BCUT2D eigenvalue weighted by atomic mass is 10.1. The highest BCUT2D eigenvalue weighted by atomic mass is 35.5. The van der Waals surface area contributed by atoms with Crippen LogP contribution in [-0.4, -0.2) is 39.6 Å². The van der Waals surface area contributed by atoms with Crippen LogP contribution < -0.4 is 5.32 Å². The predicted octanol–water partition coefficient (Wildman–Crippen LogP) is 5.56. The van der Waals surface area contributed by atoms with E-state index in [-0.39, 0.29) is 24.3 Å². The predicted molar refractivity (Wildman–Crippen MR) is 131 cm³/mol. The first kappa shape index (κ1) is 23.1. The van der Waals surface area contributed by atoms with Crippen molar-refractivity contribution >= 4 is 29.2 Å². The van der Waals surface area contributed by atoms with E-state index in [2.05, 4.69) is 5.32 Å². The Bertz CT molecular complexity index is 1110. The molecule has 0 bridgehead atoms. The van der Waals surface area contributed by atoms with Crippen LogP contribution in [0.2, 0.25) is 5.02 Å². The van der Waals surface area contributed by atoms with E-state index in [4.69, 9.17) is 16.7 Å². The van der Waals surface area contributed by atoms with Gasteiger partial charge in [0.25, 0.3) is 0 Å². The van der Waals surface area contributed by atoms with Crippen molar-refractivity contribution < 1.29 is 9.59 Å². The number of benzene rings is 2. The number of hydrogen-bond acceptors (Lipinski definition) is 3. The van der Waals surface area contributed by atoms with Crippen molar-refractivity contribution in [3.05, 3.63) is 65.7 Å². The third kappa shape index (κ3) is 5.45. The zero-order chi connectivity index (χ0) is 23.2. The van der Waals surface area contributed by atoms with Gasteiger partial charge in [0.05, 0.1) is 22.9 Å². The molecule has 0 saturated heterocycles. The number of nitrogens with one attached hydrogen (secondary N) is 1. The molecular weight excluding hydrogens is 436 g/mol. The summed E-state index contributed by atoms with van der Waals surface area (Å²) in [7, 11) is 0. The smallest absolute Gasteiger partial charge is 0.245 e. The van der Waals surface area contributed by atoms with Crippen molar-refractivity contribution in [2.45, 2.75) is 39.0 Å². The van der Waals surface area contributed by atoms with E-state index in [1.54, 1.807) is 15.6 Å². The third-order valence-electron chi connectivity index (χ3n) is 5.97. The van der Waals surface area contributed by atoms with Crippen LogP contribution in [0.5, 0.6) is 0 Å². The summed E-state index contributed by atoms with van der Waals surface area (Å²) in [4.78, 5) is 27.7. The van der Waals surface area contributed by atoms with Crippen LogP contribution >= 0.6 is 11.6 Å². The standard InChI is InChI=1S/C26H29ClN4O2/c1-2-16-30(26(33)20-12-6-7-13-20)18-25(32)28-24-17-22(19-10-4-3-5-11-19)29-31(24)23-15-9-8-14-21(23)27/h3-5,8-11,14-15,17,20H,2,6-7,12-13,16,18H2,1H3,(H,28,32). The first-order valence-electron chi connectivity index (χ1n) is 11.6. The molecule has 0 atom stereocenters. The zero-order valence-electron chi connectivity index (χ0n) is 18.8. The molecule has 33 heavy (non-hydrogen) atoms. The van der Waals surface area contributed by atoms with Crippen LogP contribution in [0.4, 0.5) is 5.82 Å². The van der Waals surface area contributed by atoms with Gasteiger partial charge in [-0.05, 0) is 31.4 Å². The van der Waals surface area contributed by atoms with Gasteiger partial charge in [0.2, 0.25) is 11.8 Å². The van der Waals surface area contributed by atoms with E-state index in [9.17, 15) is 9.59 Å². The molecule has 2 aromatic carbocycles. The lowest BCUT2D eigenvalue weighted by molar-refractivity contribution is -0.138. The summed E-state index contributed by atoms with van der Waals surface area (Å²) in [6.07, 6.45) is 4.81. The van der Waals surface area contributed by atoms with Crippen molar-refractivity contribution in [1.82, 2.24) is 14.7 Å². The molecule has 4 rings (SSSR count). The summed E-state index contributed by atoms with van der Waals surface area (Å²) >= 11 is 6.44. The number of aromatic nitrogens is 2. The largest absolute Gasteiger partial charge is 0.333 e. The molecule has 1 aromatic heterocycles. The summed E-state index contributed by atoms with van der Waals surface area (Å²) in [5.74, 6) is 0.399. The van der Waals surface area contributed by atoms with Crippen molar-refractivity contribution in [1.29, 1.82) is 0 Å². The van der Waals surface area contributed by atoms with Gasteiger partial charge in [0, 0.05) is 24.1 Å². The number of carbonyl (C=O) groups is 2. The van der Waals surface area contributed by atoms with E-state index in [0.717, 1.165) is 43.4 Å². The van der Waals surface area contributed by atoms with Gasteiger partial charge in [-0.3, -0.25) is 9.59 Å². The maximum absolute atomic E-state index is 13.1. The van der Waals surface area contributed by atoms with Gasteiger partial charge in [-0.2, -0.15) is 5.10 Å². The minimum absolute atomic E-state index is 0.0253. The molecular formula is C26H29ClN4O2. The quantitative estimate of drug-likeness (QED) is 0.474. The second-order valence-corrected chi connectivity index (χ2v) is 8.84. The van der Waals surface area contributed by atoms with Gasteiger partial charge < -0.3 is 10.2 Å². The van der Waals surface area contributed by atoms with Gasteiger partial charge in [0.15, 0.2) is 0 Å². The Kier molecular flexibility index (Phi) is 7.45. The number of hydrogen-bond donors (Lipinski definition) is 1. The molecule has 1 N–H and O–H groups in total. The Hall–Kier alpha value is -3.12. The highest BCUT2D eigenvalue weighted by molar-refractivity contribution is 6.32. The Labute approximate surface area is 199 Å². The summed E-state index contributed by atoms with van der Waals surface area (Å²) in [6.45, 7) is 2.62. The molecule has 0 spiro atoms. The van der Waals surface area contributed by atoms with Crippen LogP contribution in [0, 0.1) is 5.92 Å².